The molecule has 54 valence electrons. The van der Waals surface area contributed by atoms with Gasteiger partial charge in [-0.05, 0) is 18.8 Å². The van der Waals surface area contributed by atoms with Crippen molar-refractivity contribution in [2.75, 3.05) is 13.2 Å². The van der Waals surface area contributed by atoms with Gasteiger partial charge in [0.25, 0.3) is 0 Å². The Kier molecular flexibility index (Phi) is 2.49. The fourth-order valence-corrected chi connectivity index (χ4v) is 1.29. The van der Waals surface area contributed by atoms with E-state index in [-0.39, 0.29) is 0 Å². The highest BCUT2D eigenvalue weighted by molar-refractivity contribution is 4.70. The fourth-order valence-electron chi connectivity index (χ4n) is 1.29. The van der Waals surface area contributed by atoms with Crippen LogP contribution < -0.4 is 5.73 Å². The van der Waals surface area contributed by atoms with Gasteiger partial charge in [-0.2, -0.15) is 0 Å². The Morgan fingerprint density at radius 3 is 2.89 bits per heavy atom. The Bertz CT molecular complexity index is 85.0. The fraction of sp³-hybridized carbons (Fsp3) is 1.00. The van der Waals surface area contributed by atoms with E-state index in [0.717, 1.165) is 6.61 Å². The highest BCUT2D eigenvalue weighted by Gasteiger charge is 2.19. The summed E-state index contributed by atoms with van der Waals surface area (Å²) in [6, 6.07) is 0. The average Bonchev–Trinajstić information content (AvgIpc) is 1.89. The van der Waals surface area contributed by atoms with Gasteiger partial charge in [0.15, 0.2) is 0 Å². The molecule has 9 heavy (non-hydrogen) atoms. The third-order valence-electron chi connectivity index (χ3n) is 2.00. The number of hydrogen-bond acceptors (Lipinski definition) is 2. The molecular formula is C7H15NO. The van der Waals surface area contributed by atoms with Crippen molar-refractivity contribution in [2.45, 2.75) is 25.9 Å². The molecular weight excluding hydrogens is 114 g/mol. The molecule has 1 fully saturated rings. The largest absolute Gasteiger partial charge is 0.377 e. The Hall–Kier alpha value is -0.0800. The summed E-state index contributed by atoms with van der Waals surface area (Å²) in [4.78, 5) is 0. The van der Waals surface area contributed by atoms with Crippen LogP contribution in [0.1, 0.15) is 19.8 Å². The lowest BCUT2D eigenvalue weighted by Gasteiger charge is -2.27. The van der Waals surface area contributed by atoms with Crippen molar-refractivity contribution in [3.8, 4) is 0 Å². The average molecular weight is 129 g/mol. The molecule has 0 aromatic rings. The summed E-state index contributed by atoms with van der Waals surface area (Å²) in [7, 11) is 0. The van der Waals surface area contributed by atoms with Crippen molar-refractivity contribution >= 4 is 0 Å². The molecule has 2 heteroatoms. The Morgan fingerprint density at radius 1 is 1.67 bits per heavy atom. The van der Waals surface area contributed by atoms with Gasteiger partial charge < -0.3 is 10.5 Å². The monoisotopic (exact) mass is 129 g/mol. The zero-order chi connectivity index (χ0) is 6.69. The molecule has 0 bridgehead atoms. The molecule has 2 N–H and O–H groups in total. The molecule has 0 aromatic heterocycles. The van der Waals surface area contributed by atoms with Gasteiger partial charge in [0.2, 0.25) is 0 Å². The van der Waals surface area contributed by atoms with Crippen LogP contribution in [0.25, 0.3) is 0 Å². The van der Waals surface area contributed by atoms with E-state index in [2.05, 4.69) is 6.92 Å². The van der Waals surface area contributed by atoms with Gasteiger partial charge in [0.05, 0.1) is 6.10 Å². The smallest absolute Gasteiger partial charge is 0.0722 e. The number of nitrogens with two attached hydrogens (primary N) is 1. The predicted molar refractivity (Wildman–Crippen MR) is 37.2 cm³/mol. The summed E-state index contributed by atoms with van der Waals surface area (Å²) < 4.78 is 5.41. The van der Waals surface area contributed by atoms with Crippen LogP contribution >= 0.6 is 0 Å². The Labute approximate surface area is 56.4 Å². The van der Waals surface area contributed by atoms with Crippen molar-refractivity contribution in [2.24, 2.45) is 11.7 Å². The first-order chi connectivity index (χ1) is 4.34. The maximum absolute atomic E-state index is 5.47. The van der Waals surface area contributed by atoms with E-state index >= 15 is 0 Å². The quantitative estimate of drug-likeness (QED) is 0.567. The first-order valence-corrected chi connectivity index (χ1v) is 3.66. The molecule has 1 saturated heterocycles. The lowest BCUT2D eigenvalue weighted by molar-refractivity contribution is -0.0139. The van der Waals surface area contributed by atoms with Crippen molar-refractivity contribution in [1.29, 1.82) is 0 Å². The topological polar surface area (TPSA) is 35.2 Å². The Morgan fingerprint density at radius 2 is 2.44 bits per heavy atom. The molecule has 0 unspecified atom stereocenters. The van der Waals surface area contributed by atoms with Gasteiger partial charge in [-0.25, -0.2) is 0 Å². The predicted octanol–water partition coefficient (Wildman–Crippen LogP) is 0.760. The first kappa shape index (κ1) is 7.03. The third kappa shape index (κ3) is 1.66. The van der Waals surface area contributed by atoms with Crippen LogP contribution in [0, 0.1) is 5.92 Å². The van der Waals surface area contributed by atoms with Gasteiger partial charge >= 0.3 is 0 Å². The summed E-state index contributed by atoms with van der Waals surface area (Å²) >= 11 is 0. The minimum atomic E-state index is 0.332. The second-order valence-corrected chi connectivity index (χ2v) is 2.76. The van der Waals surface area contributed by atoms with Crippen molar-refractivity contribution < 1.29 is 4.74 Å². The van der Waals surface area contributed by atoms with Crippen molar-refractivity contribution in [3.05, 3.63) is 0 Å². The van der Waals surface area contributed by atoms with Crippen LogP contribution in [-0.4, -0.2) is 19.3 Å². The first-order valence-electron chi connectivity index (χ1n) is 3.66. The normalized spacial score (nSPS) is 36.7. The van der Waals surface area contributed by atoms with Gasteiger partial charge in [-0.3, -0.25) is 0 Å². The second-order valence-electron chi connectivity index (χ2n) is 2.76. The van der Waals surface area contributed by atoms with Crippen molar-refractivity contribution in [3.63, 3.8) is 0 Å². The van der Waals surface area contributed by atoms with Gasteiger partial charge in [0.1, 0.15) is 0 Å². The van der Waals surface area contributed by atoms with E-state index in [1.54, 1.807) is 0 Å². The van der Waals surface area contributed by atoms with E-state index < -0.39 is 0 Å². The molecule has 0 amide bonds. The Balaban J connectivity index is 2.30. The van der Waals surface area contributed by atoms with Crippen LogP contribution in [0.4, 0.5) is 0 Å². The molecule has 2 nitrogen and oxygen atoms in total. The van der Waals surface area contributed by atoms with E-state index in [9.17, 15) is 0 Å². The van der Waals surface area contributed by atoms with Crippen LogP contribution in [-0.2, 0) is 4.74 Å². The van der Waals surface area contributed by atoms with Crippen LogP contribution in [0.15, 0.2) is 0 Å². The summed E-state index contributed by atoms with van der Waals surface area (Å²) in [5, 5.41) is 0. The molecule has 1 aliphatic rings. The molecule has 0 aromatic carbocycles. The van der Waals surface area contributed by atoms with Gasteiger partial charge in [-0.15, -0.1) is 0 Å². The maximum atomic E-state index is 5.47. The maximum Gasteiger partial charge on any atom is 0.0722 e. The minimum absolute atomic E-state index is 0.332. The molecule has 0 radical (unpaired) electrons. The lowest BCUT2D eigenvalue weighted by Crippen LogP contribution is -2.34. The van der Waals surface area contributed by atoms with Crippen LogP contribution in [0.2, 0.25) is 0 Å². The van der Waals surface area contributed by atoms with Crippen molar-refractivity contribution in [1.82, 2.24) is 0 Å². The standard InChI is InChI=1S/C7H15NO/c1-6-3-2-4-9-7(6)5-8/h6-7H,2-5,8H2,1H3/t6-,7+/m1/s1. The molecule has 1 heterocycles. The number of hydrogen-bond donors (Lipinski definition) is 1. The van der Waals surface area contributed by atoms with E-state index in [1.807, 2.05) is 0 Å². The summed E-state index contributed by atoms with van der Waals surface area (Å²) in [6.45, 7) is 3.80. The number of ether oxygens (including phenoxy) is 1. The molecule has 0 spiro atoms. The molecule has 2 atom stereocenters. The highest BCUT2D eigenvalue weighted by atomic mass is 16.5. The van der Waals surface area contributed by atoms with E-state index in [1.165, 1.54) is 12.8 Å². The lowest BCUT2D eigenvalue weighted by atomic mass is 9.97. The second kappa shape index (κ2) is 3.18. The van der Waals surface area contributed by atoms with Crippen LogP contribution in [0.3, 0.4) is 0 Å². The molecule has 1 rings (SSSR count). The minimum Gasteiger partial charge on any atom is -0.377 e. The van der Waals surface area contributed by atoms with Crippen LogP contribution in [0.5, 0.6) is 0 Å². The molecule has 0 saturated carbocycles. The highest BCUT2D eigenvalue weighted by Crippen LogP contribution is 2.18. The molecule has 1 aliphatic heterocycles. The number of rotatable bonds is 1. The zero-order valence-corrected chi connectivity index (χ0v) is 5.97. The van der Waals surface area contributed by atoms with Gasteiger partial charge in [-0.1, -0.05) is 6.92 Å². The third-order valence-corrected chi connectivity index (χ3v) is 2.00. The van der Waals surface area contributed by atoms with Gasteiger partial charge in [0, 0.05) is 13.2 Å². The zero-order valence-electron chi connectivity index (χ0n) is 5.97. The summed E-state index contributed by atoms with van der Waals surface area (Å²) in [5.41, 5.74) is 5.47. The van der Waals surface area contributed by atoms with E-state index in [4.69, 9.17) is 10.5 Å². The molecule has 0 aliphatic carbocycles. The van der Waals surface area contributed by atoms with E-state index in [0.29, 0.717) is 18.6 Å². The summed E-state index contributed by atoms with van der Waals surface area (Å²) in [6.07, 6.45) is 2.82. The summed E-state index contributed by atoms with van der Waals surface area (Å²) in [5.74, 6) is 0.670. The SMILES string of the molecule is C[C@@H]1CCCO[C@H]1CN.